The lowest BCUT2D eigenvalue weighted by molar-refractivity contribution is -0.161. The Hall–Kier alpha value is -7.07. The molecular formula is C54H62N11O11P. The van der Waals surface area contributed by atoms with Crippen molar-refractivity contribution in [1.82, 2.24) is 33.8 Å². The van der Waals surface area contributed by atoms with E-state index in [-0.39, 0.29) is 53.5 Å². The first kappa shape index (κ1) is 52.0. The number of pyridine rings is 3. The van der Waals surface area contributed by atoms with Crippen molar-refractivity contribution in [3.05, 3.63) is 111 Å². The van der Waals surface area contributed by atoms with Crippen molar-refractivity contribution >= 4 is 66.1 Å². The van der Waals surface area contributed by atoms with Crippen LogP contribution < -0.4 is 25.6 Å². The van der Waals surface area contributed by atoms with Crippen LogP contribution in [0.1, 0.15) is 101 Å². The first-order valence-electron chi connectivity index (χ1n) is 26.1. The number of anilines is 5. The van der Waals surface area contributed by atoms with Crippen LogP contribution in [0.3, 0.4) is 0 Å². The molecule has 0 saturated carbocycles. The van der Waals surface area contributed by atoms with Crippen LogP contribution >= 0.6 is 7.82 Å². The lowest BCUT2D eigenvalue weighted by Gasteiger charge is -2.46. The second kappa shape index (κ2) is 19.7. The number of phosphoric acid groups is 1. The van der Waals surface area contributed by atoms with Crippen molar-refractivity contribution in [3.8, 4) is 11.1 Å². The number of aliphatic hydroxyl groups excluding tert-OH is 1. The average Bonchev–Trinajstić information content (AvgIpc) is 4.03. The third kappa shape index (κ3) is 9.54. The van der Waals surface area contributed by atoms with Gasteiger partial charge in [-0.1, -0.05) is 13.8 Å². The van der Waals surface area contributed by atoms with Crippen LogP contribution in [-0.4, -0.2) is 142 Å². The van der Waals surface area contributed by atoms with Crippen LogP contribution in [0, 0.1) is 5.41 Å². The first-order chi connectivity index (χ1) is 36.7. The van der Waals surface area contributed by atoms with Gasteiger partial charge < -0.3 is 39.1 Å². The van der Waals surface area contributed by atoms with Crippen LogP contribution in [0.2, 0.25) is 0 Å². The summed E-state index contributed by atoms with van der Waals surface area (Å²) in [5, 5.41) is 14.0. The number of aliphatic hydroxyl groups is 1. The smallest absolute Gasteiger partial charge is 0.392 e. The lowest BCUT2D eigenvalue weighted by atomic mass is 9.90. The quantitative estimate of drug-likeness (QED) is 0.0997. The number of rotatable bonds is 12. The maximum Gasteiger partial charge on any atom is 0.471 e. The third-order valence-corrected chi connectivity index (χ3v) is 16.8. The summed E-state index contributed by atoms with van der Waals surface area (Å²) in [6.45, 7) is 12.4. The van der Waals surface area contributed by atoms with Crippen molar-refractivity contribution in [2.24, 2.45) is 12.5 Å². The van der Waals surface area contributed by atoms with Crippen LogP contribution in [0.4, 0.5) is 28.7 Å². The highest BCUT2D eigenvalue weighted by atomic mass is 31.2. The van der Waals surface area contributed by atoms with E-state index in [1.807, 2.05) is 24.4 Å². The molecule has 23 heteroatoms. The molecule has 5 amide bonds. The molecular weight excluding hydrogens is 1010 g/mol. The highest BCUT2D eigenvalue weighted by Crippen LogP contribution is 2.42. The normalized spacial score (nSPS) is 21.5. The maximum absolute atomic E-state index is 14.0. The molecule has 404 valence electrons. The van der Waals surface area contributed by atoms with Gasteiger partial charge in [0, 0.05) is 106 Å². The molecule has 3 saturated heterocycles. The van der Waals surface area contributed by atoms with E-state index in [0.717, 1.165) is 68.5 Å². The zero-order valence-electron chi connectivity index (χ0n) is 43.6. The Kier molecular flexibility index (Phi) is 13.3. The Bertz CT molecular complexity index is 3360. The van der Waals surface area contributed by atoms with Gasteiger partial charge in [0.2, 0.25) is 5.91 Å². The molecule has 3 fully saturated rings. The molecule has 0 spiro atoms. The molecule has 4 aromatic heterocycles. The molecule has 77 heavy (non-hydrogen) atoms. The predicted octanol–water partition coefficient (Wildman–Crippen LogP) is 4.41. The number of piperazine rings is 1. The Balaban J connectivity index is 0.704. The van der Waals surface area contributed by atoms with Crippen molar-refractivity contribution in [3.63, 3.8) is 0 Å². The van der Waals surface area contributed by atoms with Gasteiger partial charge in [-0.25, -0.2) is 14.5 Å². The van der Waals surface area contributed by atoms with Crippen molar-refractivity contribution in [1.29, 1.82) is 0 Å². The van der Waals surface area contributed by atoms with Gasteiger partial charge in [-0.05, 0) is 111 Å². The zero-order valence-corrected chi connectivity index (χ0v) is 44.5. The molecule has 1 aliphatic carbocycles. The molecule has 9 heterocycles. The van der Waals surface area contributed by atoms with Gasteiger partial charge in [-0.2, -0.15) is 0 Å². The third-order valence-electron chi connectivity index (χ3n) is 16.2. The SMILES string of the molecule is CC(OP(=O)(O)O)N1C(=O)CCC(N2C(=O)c3ccc(N4CCC(N5CCN(c6ccc(Nc7cc(-c8ccnc(N9CCn%10c(cc%11c%10CC(C)(C)C%11)C9=O)c8CO)cn(C)c7=O)nc6)[C@@H](C)C5)CC4)cc3C2=O)C1=O. The molecule has 11 rings (SSSR count). The van der Waals surface area contributed by atoms with E-state index >= 15 is 0 Å². The number of hydrogen-bond acceptors (Lipinski definition) is 15. The van der Waals surface area contributed by atoms with Gasteiger partial charge in [0.25, 0.3) is 29.2 Å². The number of fused-ring (bicyclic) bond motifs is 4. The average molecular weight is 1070 g/mol. The van der Waals surface area contributed by atoms with Gasteiger partial charge in [0.05, 0.1) is 29.6 Å². The maximum atomic E-state index is 14.0. The predicted molar refractivity (Wildman–Crippen MR) is 284 cm³/mol. The zero-order chi connectivity index (χ0) is 54.4. The van der Waals surface area contributed by atoms with Crippen molar-refractivity contribution in [2.45, 2.75) is 104 Å². The molecule has 0 radical (unpaired) electrons. The fourth-order valence-electron chi connectivity index (χ4n) is 12.5. The summed E-state index contributed by atoms with van der Waals surface area (Å²) in [5.41, 5.74) is 7.10. The number of nitrogens with zero attached hydrogens (tertiary/aromatic N) is 10. The summed E-state index contributed by atoms with van der Waals surface area (Å²) in [6.07, 6.45) is 6.78. The van der Waals surface area contributed by atoms with E-state index in [0.29, 0.717) is 76.8 Å². The standard InChI is InChI=1S/C54H62N11O11P/c1-31-28-60(35-13-16-59(17-14-35)36-6-8-39-40(24-36)50(69)65(49(39)68)43-9-11-47(67)64(53(43)72)32(2)76-77(73,74)75)18-19-61(31)37-7-10-46(56-27-37)57-42-22-34(29-58(5)51(42)70)38-12-15-55-48(41(38)30-66)63-21-20-62-44(52(63)71)23-33-25-54(3,4)26-45(33)62/h6-8,10,12,15,22-24,27,29,31-32,35,43,66H,9,11,13-14,16-21,25-26,28,30H2,1-5H3,(H,56,57)(H2,73,74,75)/t31-,32?,43?/m0/s1. The van der Waals surface area contributed by atoms with Gasteiger partial charge in [-0.3, -0.25) is 52.9 Å². The van der Waals surface area contributed by atoms with E-state index in [1.165, 1.54) is 15.8 Å². The Labute approximate surface area is 444 Å². The number of carbonyl (C=O) groups excluding carboxylic acids is 5. The highest BCUT2D eigenvalue weighted by Gasteiger charge is 2.49. The minimum Gasteiger partial charge on any atom is -0.392 e. The summed E-state index contributed by atoms with van der Waals surface area (Å²) in [5.74, 6) is -2.29. The van der Waals surface area contributed by atoms with Gasteiger partial charge in [0.1, 0.15) is 35.3 Å². The summed E-state index contributed by atoms with van der Waals surface area (Å²) < 4.78 is 19.7. The number of phosphoric ester groups is 1. The van der Waals surface area contributed by atoms with E-state index in [2.05, 4.69) is 54.9 Å². The molecule has 2 unspecified atom stereocenters. The molecule has 1 aromatic carbocycles. The topological polar surface area (TPSA) is 257 Å². The minimum absolute atomic E-state index is 0.123. The summed E-state index contributed by atoms with van der Waals surface area (Å²) in [4.78, 5) is 119. The number of aromatic nitrogens is 4. The van der Waals surface area contributed by atoms with E-state index < -0.39 is 43.7 Å². The number of benzene rings is 1. The number of piperidine rings is 2. The summed E-state index contributed by atoms with van der Waals surface area (Å²) >= 11 is 0. The van der Waals surface area contributed by atoms with E-state index in [4.69, 9.17) is 4.98 Å². The largest absolute Gasteiger partial charge is 0.471 e. The second-order valence-electron chi connectivity index (χ2n) is 21.8. The molecule has 4 N–H and O–H groups in total. The molecule has 3 atom stereocenters. The summed E-state index contributed by atoms with van der Waals surface area (Å²) in [7, 11) is -3.39. The Morgan fingerprint density at radius 2 is 1.60 bits per heavy atom. The second-order valence-corrected chi connectivity index (χ2v) is 23.0. The highest BCUT2D eigenvalue weighted by molar-refractivity contribution is 7.46. The molecule has 22 nitrogen and oxygen atoms in total. The van der Waals surface area contributed by atoms with Gasteiger partial charge >= 0.3 is 7.82 Å². The van der Waals surface area contributed by atoms with Crippen LogP contribution in [0.25, 0.3) is 11.1 Å². The molecule has 0 bridgehead atoms. The number of amides is 5. The van der Waals surface area contributed by atoms with E-state index in [9.17, 15) is 48.2 Å². The fraction of sp³-hybridized carbons (Fsp3) is 0.444. The molecule has 5 aliphatic heterocycles. The molecule has 5 aromatic rings. The van der Waals surface area contributed by atoms with Crippen molar-refractivity contribution in [2.75, 3.05) is 59.3 Å². The minimum atomic E-state index is -5.06. The number of hydrogen-bond donors (Lipinski definition) is 4. The number of likely N-dealkylation sites (tertiary alicyclic amines) is 1. The summed E-state index contributed by atoms with van der Waals surface area (Å²) in [6, 6.07) is 13.6. The fourth-order valence-corrected chi connectivity index (χ4v) is 13.0. The monoisotopic (exact) mass is 1070 g/mol. The van der Waals surface area contributed by atoms with Crippen LogP contribution in [-0.2, 0) is 51.7 Å². The lowest BCUT2D eigenvalue weighted by Crippen LogP contribution is -2.58. The Morgan fingerprint density at radius 1 is 0.844 bits per heavy atom. The molecule has 6 aliphatic rings. The van der Waals surface area contributed by atoms with E-state index in [1.54, 1.807) is 54.7 Å². The number of carbonyl (C=O) groups is 5. The Morgan fingerprint density at radius 3 is 2.31 bits per heavy atom. The van der Waals surface area contributed by atoms with Gasteiger partial charge in [-0.15, -0.1) is 0 Å². The van der Waals surface area contributed by atoms with Crippen molar-refractivity contribution < 1.29 is 48.0 Å². The van der Waals surface area contributed by atoms with Crippen LogP contribution in [0.15, 0.2) is 71.9 Å². The van der Waals surface area contributed by atoms with Crippen LogP contribution in [0.5, 0.6) is 0 Å². The number of aryl methyl sites for hydroxylation is 1. The number of nitrogens with one attached hydrogen (secondary N) is 1. The number of imide groups is 2. The first-order valence-corrected chi connectivity index (χ1v) is 27.6. The van der Waals surface area contributed by atoms with Gasteiger partial charge in [0.15, 0.2) is 0 Å².